The molecule has 2 heterocycles. The Morgan fingerprint density at radius 1 is 1.13 bits per heavy atom. The number of nitrogens with zero attached hydrogens (tertiary/aromatic N) is 2. The first kappa shape index (κ1) is 21.7. The minimum Gasteiger partial charge on any atom is -0.495 e. The van der Waals surface area contributed by atoms with Crippen molar-refractivity contribution in [3.63, 3.8) is 0 Å². The van der Waals surface area contributed by atoms with Crippen molar-refractivity contribution in [1.29, 1.82) is 0 Å². The third-order valence-electron chi connectivity index (χ3n) is 5.24. The Labute approximate surface area is 195 Å². The van der Waals surface area contributed by atoms with Gasteiger partial charge in [0.1, 0.15) is 10.6 Å². The molecule has 0 unspecified atom stereocenters. The van der Waals surface area contributed by atoms with E-state index in [0.717, 1.165) is 53.4 Å². The number of esters is 1. The van der Waals surface area contributed by atoms with Gasteiger partial charge in [0.25, 0.3) is 0 Å². The highest BCUT2D eigenvalue weighted by molar-refractivity contribution is 7.80. The first-order valence-corrected chi connectivity index (χ1v) is 11.4. The highest BCUT2D eigenvalue weighted by Gasteiger charge is 2.22. The second-order valence-electron chi connectivity index (χ2n) is 7.02. The van der Waals surface area contributed by atoms with E-state index < -0.39 is 5.97 Å². The van der Waals surface area contributed by atoms with Gasteiger partial charge < -0.3 is 24.6 Å². The number of thiocarbonyl (C=S) groups is 1. The van der Waals surface area contributed by atoms with Crippen molar-refractivity contribution in [3.05, 3.63) is 52.4 Å². The summed E-state index contributed by atoms with van der Waals surface area (Å²) in [5.74, 6) is 0.454. The van der Waals surface area contributed by atoms with Crippen LogP contribution in [0.3, 0.4) is 0 Å². The summed E-state index contributed by atoms with van der Waals surface area (Å²) in [5.41, 5.74) is 1.96. The Balaban J connectivity index is 1.42. The van der Waals surface area contributed by atoms with E-state index >= 15 is 0 Å². The van der Waals surface area contributed by atoms with E-state index in [2.05, 4.69) is 21.2 Å². The summed E-state index contributed by atoms with van der Waals surface area (Å²) in [6, 6.07) is 13.8. The van der Waals surface area contributed by atoms with Crippen molar-refractivity contribution in [1.82, 2.24) is 4.90 Å². The van der Waals surface area contributed by atoms with Gasteiger partial charge in [-0.05, 0) is 42.5 Å². The molecule has 0 spiro atoms. The van der Waals surface area contributed by atoms with Crippen molar-refractivity contribution in [2.75, 3.05) is 50.6 Å². The predicted octanol–water partition coefficient (Wildman–Crippen LogP) is 4.87. The maximum atomic E-state index is 11.9. The van der Waals surface area contributed by atoms with Gasteiger partial charge in [0.2, 0.25) is 0 Å². The number of anilines is 2. The lowest BCUT2D eigenvalue weighted by Crippen LogP contribution is -2.50. The number of benzene rings is 2. The first-order valence-electron chi connectivity index (χ1n) is 9.76. The molecule has 0 saturated carbocycles. The van der Waals surface area contributed by atoms with Crippen molar-refractivity contribution >= 4 is 67.7 Å². The minimum atomic E-state index is -0.427. The molecular weight excluding hydrogens is 454 g/mol. The molecule has 1 aromatic heterocycles. The third kappa shape index (κ3) is 4.42. The topological polar surface area (TPSA) is 54.0 Å². The molecule has 6 nitrogen and oxygen atoms in total. The Bertz CT molecular complexity index is 1130. The van der Waals surface area contributed by atoms with Gasteiger partial charge in [-0.25, -0.2) is 4.79 Å². The van der Waals surface area contributed by atoms with Crippen molar-refractivity contribution in [2.24, 2.45) is 0 Å². The zero-order valence-electron chi connectivity index (χ0n) is 17.2. The molecule has 31 heavy (non-hydrogen) atoms. The first-order chi connectivity index (χ1) is 15.0. The van der Waals surface area contributed by atoms with Gasteiger partial charge in [-0.3, -0.25) is 0 Å². The summed E-state index contributed by atoms with van der Waals surface area (Å²) in [5, 5.41) is 5.24. The van der Waals surface area contributed by atoms with Crippen LogP contribution in [0.5, 0.6) is 5.75 Å². The monoisotopic (exact) mass is 475 g/mol. The predicted molar refractivity (Wildman–Crippen MR) is 131 cm³/mol. The van der Waals surface area contributed by atoms with Crippen LogP contribution in [-0.4, -0.2) is 56.4 Å². The van der Waals surface area contributed by atoms with Gasteiger partial charge in [0.15, 0.2) is 5.11 Å². The second-order valence-corrected chi connectivity index (χ2v) is 8.84. The Morgan fingerprint density at radius 3 is 2.58 bits per heavy atom. The van der Waals surface area contributed by atoms with E-state index in [4.69, 9.17) is 33.3 Å². The third-order valence-corrected chi connectivity index (χ3v) is 7.24. The minimum absolute atomic E-state index is 0.409. The highest BCUT2D eigenvalue weighted by Crippen LogP contribution is 2.37. The standard InChI is InChI=1S/C22H22ClN3O3S2/c1-28-17-6-4-3-5-16(17)25-9-11-26(12-10-25)22(30)24-14-7-8-15-18(13-14)31-20(19(15)23)21(27)29-2/h3-8,13H,9-12H2,1-2H3,(H,24,30). The molecule has 1 aliphatic heterocycles. The molecule has 3 aromatic rings. The van der Waals surface area contributed by atoms with Gasteiger partial charge in [0, 0.05) is 42.0 Å². The molecular formula is C22H22ClN3O3S2. The SMILES string of the molecule is COC(=O)c1sc2cc(NC(=S)N3CCN(c4ccccc4OC)CC3)ccc2c1Cl. The van der Waals surface area contributed by atoms with Crippen LogP contribution in [0.2, 0.25) is 5.02 Å². The van der Waals surface area contributed by atoms with E-state index in [9.17, 15) is 4.79 Å². The largest absolute Gasteiger partial charge is 0.495 e. The van der Waals surface area contributed by atoms with Gasteiger partial charge in [0.05, 0.1) is 24.9 Å². The van der Waals surface area contributed by atoms with Crippen LogP contribution < -0.4 is 15.0 Å². The normalized spacial score (nSPS) is 13.9. The average molecular weight is 476 g/mol. The molecule has 1 saturated heterocycles. The summed E-state index contributed by atoms with van der Waals surface area (Å²) < 4.78 is 11.2. The van der Waals surface area contributed by atoms with Crippen molar-refractivity contribution in [3.8, 4) is 5.75 Å². The highest BCUT2D eigenvalue weighted by atomic mass is 35.5. The Kier molecular flexibility index (Phi) is 6.50. The summed E-state index contributed by atoms with van der Waals surface area (Å²) in [6.07, 6.45) is 0. The van der Waals surface area contributed by atoms with E-state index in [1.807, 2.05) is 36.4 Å². The van der Waals surface area contributed by atoms with Crippen LogP contribution in [0.25, 0.3) is 10.1 Å². The van der Waals surface area contributed by atoms with Crippen LogP contribution in [-0.2, 0) is 4.74 Å². The number of nitrogens with one attached hydrogen (secondary N) is 1. The zero-order valence-corrected chi connectivity index (χ0v) is 19.6. The smallest absolute Gasteiger partial charge is 0.349 e. The summed E-state index contributed by atoms with van der Waals surface area (Å²) in [4.78, 5) is 16.8. The maximum Gasteiger partial charge on any atom is 0.349 e. The Hall–Kier alpha value is -2.55. The van der Waals surface area contributed by atoms with Gasteiger partial charge in [-0.15, -0.1) is 11.3 Å². The molecule has 0 aliphatic carbocycles. The number of methoxy groups -OCH3 is 2. The number of hydrogen-bond acceptors (Lipinski definition) is 6. The number of thiophene rings is 1. The summed E-state index contributed by atoms with van der Waals surface area (Å²) in [6.45, 7) is 3.32. The van der Waals surface area contributed by atoms with Gasteiger partial charge in [-0.2, -0.15) is 0 Å². The van der Waals surface area contributed by atoms with Crippen LogP contribution >= 0.6 is 35.2 Å². The lowest BCUT2D eigenvalue weighted by Gasteiger charge is -2.37. The molecule has 0 bridgehead atoms. The number of rotatable bonds is 4. The lowest BCUT2D eigenvalue weighted by molar-refractivity contribution is 0.0606. The lowest BCUT2D eigenvalue weighted by atomic mass is 10.2. The van der Waals surface area contributed by atoms with Gasteiger partial charge in [-0.1, -0.05) is 23.7 Å². The molecule has 1 fully saturated rings. The molecule has 1 N–H and O–H groups in total. The van der Waals surface area contributed by atoms with E-state index in [0.29, 0.717) is 15.0 Å². The number of halogens is 1. The number of piperazine rings is 1. The van der Waals surface area contributed by atoms with Crippen LogP contribution in [0.15, 0.2) is 42.5 Å². The molecule has 2 aromatic carbocycles. The van der Waals surface area contributed by atoms with E-state index in [1.54, 1.807) is 7.11 Å². The van der Waals surface area contributed by atoms with Crippen LogP contribution in [0.4, 0.5) is 11.4 Å². The quantitative estimate of drug-likeness (QED) is 0.426. The van der Waals surface area contributed by atoms with Crippen molar-refractivity contribution in [2.45, 2.75) is 0 Å². The molecule has 0 radical (unpaired) electrons. The molecule has 1 aliphatic rings. The molecule has 162 valence electrons. The summed E-state index contributed by atoms with van der Waals surface area (Å²) in [7, 11) is 3.04. The number of hydrogen-bond donors (Lipinski definition) is 1. The summed E-state index contributed by atoms with van der Waals surface area (Å²) >= 11 is 13.3. The molecule has 9 heteroatoms. The van der Waals surface area contributed by atoms with Crippen LogP contribution in [0, 0.1) is 0 Å². The zero-order chi connectivity index (χ0) is 22.0. The number of fused-ring (bicyclic) bond motifs is 1. The number of para-hydroxylation sites is 2. The van der Waals surface area contributed by atoms with Crippen molar-refractivity contribution < 1.29 is 14.3 Å². The van der Waals surface area contributed by atoms with Crippen LogP contribution in [0.1, 0.15) is 9.67 Å². The average Bonchev–Trinajstić information content (AvgIpc) is 3.14. The molecule has 4 rings (SSSR count). The second kappa shape index (κ2) is 9.30. The maximum absolute atomic E-state index is 11.9. The fourth-order valence-corrected chi connectivity index (χ4v) is 5.38. The number of carbonyl (C=O) groups is 1. The van der Waals surface area contributed by atoms with Gasteiger partial charge >= 0.3 is 5.97 Å². The fourth-order valence-electron chi connectivity index (χ4n) is 3.61. The fraction of sp³-hybridized carbons (Fsp3) is 0.273. The van der Waals surface area contributed by atoms with E-state index in [-0.39, 0.29) is 0 Å². The Morgan fingerprint density at radius 2 is 1.87 bits per heavy atom. The van der Waals surface area contributed by atoms with E-state index in [1.165, 1.54) is 18.4 Å². The number of carbonyl (C=O) groups excluding carboxylic acids is 1. The molecule has 0 atom stereocenters. The number of ether oxygens (including phenoxy) is 2. The molecule has 0 amide bonds.